The van der Waals surface area contributed by atoms with Crippen molar-refractivity contribution in [2.45, 2.75) is 0 Å². The first-order valence-electron chi connectivity index (χ1n) is 6.05. The Hall–Kier alpha value is -2.97. The van der Waals surface area contributed by atoms with E-state index in [9.17, 15) is 4.79 Å². The molecule has 0 atom stereocenters. The standard InChI is InChI=1S/C18H12O2/c1-20-18-13-9-16(10-14-18)8-12-17(19)11-7-15-5-3-2-4-6-15/h2-6,9-10,13-14H,1H3. The van der Waals surface area contributed by atoms with Crippen molar-refractivity contribution in [3.8, 4) is 29.4 Å². The van der Waals surface area contributed by atoms with Crippen molar-refractivity contribution < 1.29 is 9.53 Å². The number of hydrogen-bond donors (Lipinski definition) is 0. The van der Waals surface area contributed by atoms with Gasteiger partial charge in [0.25, 0.3) is 5.78 Å². The molecule has 2 heteroatoms. The second-order valence-electron chi connectivity index (χ2n) is 3.92. The lowest BCUT2D eigenvalue weighted by Gasteiger charge is -1.97. The van der Waals surface area contributed by atoms with Gasteiger partial charge in [0.2, 0.25) is 0 Å². The summed E-state index contributed by atoms with van der Waals surface area (Å²) in [6, 6.07) is 16.5. The Kier molecular flexibility index (Phi) is 4.60. The molecule has 0 aliphatic heterocycles. The minimum Gasteiger partial charge on any atom is -0.497 e. The highest BCUT2D eigenvalue weighted by atomic mass is 16.5. The second-order valence-corrected chi connectivity index (χ2v) is 3.92. The molecule has 2 aromatic rings. The topological polar surface area (TPSA) is 26.3 Å². The molecule has 0 amide bonds. The van der Waals surface area contributed by atoms with Gasteiger partial charge in [0, 0.05) is 11.1 Å². The zero-order valence-electron chi connectivity index (χ0n) is 11.0. The van der Waals surface area contributed by atoms with Crippen LogP contribution in [0.25, 0.3) is 0 Å². The molecule has 0 aliphatic carbocycles. The fourth-order valence-corrected chi connectivity index (χ4v) is 1.48. The van der Waals surface area contributed by atoms with Crippen molar-refractivity contribution in [2.75, 3.05) is 7.11 Å². The number of carbonyl (C=O) groups excluding carboxylic acids is 1. The molecule has 0 aliphatic rings. The molecule has 0 fully saturated rings. The average molecular weight is 260 g/mol. The van der Waals surface area contributed by atoms with Crippen LogP contribution in [0, 0.1) is 23.7 Å². The number of hydrogen-bond acceptors (Lipinski definition) is 2. The van der Waals surface area contributed by atoms with Crippen LogP contribution >= 0.6 is 0 Å². The maximum absolute atomic E-state index is 11.5. The van der Waals surface area contributed by atoms with Gasteiger partial charge in [-0.05, 0) is 48.2 Å². The van der Waals surface area contributed by atoms with Gasteiger partial charge in [-0.15, -0.1) is 0 Å². The van der Waals surface area contributed by atoms with E-state index < -0.39 is 5.78 Å². The largest absolute Gasteiger partial charge is 0.497 e. The van der Waals surface area contributed by atoms with Crippen molar-refractivity contribution in [3.63, 3.8) is 0 Å². The molecule has 0 aromatic heterocycles. The van der Waals surface area contributed by atoms with E-state index in [-0.39, 0.29) is 0 Å². The smallest absolute Gasteiger partial charge is 0.279 e. The highest BCUT2D eigenvalue weighted by molar-refractivity contribution is 6.09. The lowest BCUT2D eigenvalue weighted by molar-refractivity contribution is -0.108. The quantitative estimate of drug-likeness (QED) is 0.737. The lowest BCUT2D eigenvalue weighted by Crippen LogP contribution is -1.88. The fraction of sp³-hybridized carbons (Fsp3) is 0.0556. The highest BCUT2D eigenvalue weighted by Crippen LogP contribution is 2.09. The summed E-state index contributed by atoms with van der Waals surface area (Å²) in [6.45, 7) is 0. The van der Waals surface area contributed by atoms with E-state index in [1.165, 1.54) is 0 Å². The molecule has 0 N–H and O–H groups in total. The summed E-state index contributed by atoms with van der Waals surface area (Å²) in [7, 11) is 1.60. The normalized spacial score (nSPS) is 8.65. The second kappa shape index (κ2) is 6.83. The maximum Gasteiger partial charge on any atom is 0.279 e. The summed E-state index contributed by atoms with van der Waals surface area (Å²) in [5.41, 5.74) is 1.55. The molecule has 0 saturated carbocycles. The number of methoxy groups -OCH3 is 1. The Bertz CT molecular complexity index is 705. The van der Waals surface area contributed by atoms with Crippen LogP contribution in [0.5, 0.6) is 5.75 Å². The molecule has 2 aromatic carbocycles. The Morgan fingerprint density at radius 1 is 0.850 bits per heavy atom. The molecule has 0 spiro atoms. The van der Waals surface area contributed by atoms with Gasteiger partial charge in [0.05, 0.1) is 7.11 Å². The van der Waals surface area contributed by atoms with Crippen molar-refractivity contribution in [1.29, 1.82) is 0 Å². The van der Waals surface area contributed by atoms with Gasteiger partial charge >= 0.3 is 0 Å². The summed E-state index contributed by atoms with van der Waals surface area (Å²) < 4.78 is 5.04. The summed E-state index contributed by atoms with van der Waals surface area (Å²) in [5, 5.41) is 0. The number of carbonyl (C=O) groups is 1. The van der Waals surface area contributed by atoms with Crippen LogP contribution < -0.4 is 4.74 Å². The Balaban J connectivity index is 2.05. The summed E-state index contributed by atoms with van der Waals surface area (Å²) in [5.74, 6) is 10.9. The van der Waals surface area contributed by atoms with E-state index in [2.05, 4.69) is 23.7 Å². The predicted octanol–water partition coefficient (Wildman–Crippen LogP) is 2.67. The first-order chi connectivity index (χ1) is 9.78. The molecule has 2 nitrogen and oxygen atoms in total. The van der Waals surface area contributed by atoms with Crippen molar-refractivity contribution in [1.82, 2.24) is 0 Å². The van der Waals surface area contributed by atoms with E-state index >= 15 is 0 Å². The third-order valence-corrected chi connectivity index (χ3v) is 2.50. The maximum atomic E-state index is 11.5. The number of benzene rings is 2. The highest BCUT2D eigenvalue weighted by Gasteiger charge is 1.92. The SMILES string of the molecule is COc1ccc(C#CC(=O)C#Cc2ccccc2)cc1. The number of Topliss-reactive ketones (excluding diaryl/α,β-unsaturated/α-hetero) is 1. The van der Waals surface area contributed by atoms with Gasteiger partial charge < -0.3 is 4.74 Å². The number of ketones is 1. The van der Waals surface area contributed by atoms with Crippen LogP contribution in [-0.4, -0.2) is 12.9 Å². The summed E-state index contributed by atoms with van der Waals surface area (Å²) in [6.07, 6.45) is 0. The van der Waals surface area contributed by atoms with Gasteiger partial charge in [-0.2, -0.15) is 0 Å². The lowest BCUT2D eigenvalue weighted by atomic mass is 10.2. The summed E-state index contributed by atoms with van der Waals surface area (Å²) >= 11 is 0. The molecule has 2 rings (SSSR count). The first kappa shape index (κ1) is 13.5. The van der Waals surface area contributed by atoms with Crippen LogP contribution in [0.2, 0.25) is 0 Å². The van der Waals surface area contributed by atoms with Gasteiger partial charge in [-0.1, -0.05) is 30.0 Å². The molecule has 0 saturated heterocycles. The van der Waals surface area contributed by atoms with Gasteiger partial charge in [-0.3, -0.25) is 4.79 Å². The minimum absolute atomic E-state index is 0.398. The van der Waals surface area contributed by atoms with Gasteiger partial charge in [0.15, 0.2) is 0 Å². The predicted molar refractivity (Wildman–Crippen MR) is 78.2 cm³/mol. The Morgan fingerprint density at radius 2 is 1.40 bits per heavy atom. The van der Waals surface area contributed by atoms with Crippen LogP contribution in [-0.2, 0) is 4.79 Å². The Morgan fingerprint density at radius 3 is 1.95 bits per heavy atom. The third kappa shape index (κ3) is 4.05. The minimum atomic E-state index is -0.398. The van der Waals surface area contributed by atoms with Crippen LogP contribution in [0.3, 0.4) is 0 Å². The molecule has 20 heavy (non-hydrogen) atoms. The number of rotatable bonds is 1. The van der Waals surface area contributed by atoms with E-state index in [1.807, 2.05) is 30.3 Å². The third-order valence-electron chi connectivity index (χ3n) is 2.50. The van der Waals surface area contributed by atoms with Gasteiger partial charge in [-0.25, -0.2) is 0 Å². The van der Waals surface area contributed by atoms with Gasteiger partial charge in [0.1, 0.15) is 5.75 Å². The number of ether oxygens (including phenoxy) is 1. The average Bonchev–Trinajstić information content (AvgIpc) is 2.52. The molecule has 0 radical (unpaired) electrons. The van der Waals surface area contributed by atoms with Crippen LogP contribution in [0.15, 0.2) is 54.6 Å². The molecule has 96 valence electrons. The van der Waals surface area contributed by atoms with Crippen molar-refractivity contribution >= 4 is 5.78 Å². The van der Waals surface area contributed by atoms with Crippen LogP contribution in [0.1, 0.15) is 11.1 Å². The molecular weight excluding hydrogens is 248 g/mol. The molecular formula is C18H12O2. The van der Waals surface area contributed by atoms with Crippen LogP contribution in [0.4, 0.5) is 0 Å². The van der Waals surface area contributed by atoms with E-state index in [4.69, 9.17) is 4.74 Å². The first-order valence-corrected chi connectivity index (χ1v) is 6.05. The zero-order valence-corrected chi connectivity index (χ0v) is 11.0. The molecule has 0 heterocycles. The Labute approximate surface area is 118 Å². The monoisotopic (exact) mass is 260 g/mol. The van der Waals surface area contributed by atoms with E-state index in [0.717, 1.165) is 16.9 Å². The fourth-order valence-electron chi connectivity index (χ4n) is 1.48. The molecule has 0 unspecified atom stereocenters. The van der Waals surface area contributed by atoms with E-state index in [1.54, 1.807) is 31.4 Å². The van der Waals surface area contributed by atoms with Crippen molar-refractivity contribution in [2.24, 2.45) is 0 Å². The van der Waals surface area contributed by atoms with Crippen molar-refractivity contribution in [3.05, 3.63) is 65.7 Å². The summed E-state index contributed by atoms with van der Waals surface area (Å²) in [4.78, 5) is 11.5. The molecule has 0 bridgehead atoms. The van der Waals surface area contributed by atoms with E-state index in [0.29, 0.717) is 0 Å². The zero-order chi connectivity index (χ0) is 14.2.